The van der Waals surface area contributed by atoms with Crippen molar-refractivity contribution in [2.45, 2.75) is 37.5 Å². The molecule has 0 amide bonds. The third-order valence-electron chi connectivity index (χ3n) is 2.64. The Morgan fingerprint density at radius 3 is 2.69 bits per heavy atom. The largest absolute Gasteiger partial charge is 0.481 e. The van der Waals surface area contributed by atoms with Crippen molar-refractivity contribution in [3.8, 4) is 0 Å². The van der Waals surface area contributed by atoms with Crippen LogP contribution < -0.4 is 0 Å². The molecule has 1 aliphatic rings. The zero-order chi connectivity index (χ0) is 10.1. The molecular weight excluding hydrogens is 188 g/mol. The van der Waals surface area contributed by atoms with Crippen LogP contribution in [0.25, 0.3) is 0 Å². The van der Waals surface area contributed by atoms with Crippen LogP contribution in [0.1, 0.15) is 26.7 Å². The molecule has 1 fully saturated rings. The first-order valence-corrected chi connectivity index (χ1v) is 5.46. The minimum atomic E-state index is -0.916. The van der Waals surface area contributed by atoms with Gasteiger partial charge in [0, 0.05) is 10.7 Å². The summed E-state index contributed by atoms with van der Waals surface area (Å²) in [4.78, 5) is 10.4. The van der Waals surface area contributed by atoms with Crippen LogP contribution in [0.5, 0.6) is 0 Å². The minimum absolute atomic E-state index is 0.0227. The van der Waals surface area contributed by atoms with Gasteiger partial charge in [-0.15, -0.1) is 0 Å². The first kappa shape index (κ1) is 10.9. The molecule has 0 aromatic carbocycles. The Morgan fingerprint density at radius 1 is 1.69 bits per heavy atom. The summed E-state index contributed by atoms with van der Waals surface area (Å²) < 4.78 is 0.0227. The molecule has 0 aromatic heterocycles. The van der Waals surface area contributed by atoms with E-state index in [1.807, 2.05) is 11.8 Å². The average Bonchev–Trinajstić information content (AvgIpc) is 2.27. The molecule has 76 valence electrons. The van der Waals surface area contributed by atoms with Crippen molar-refractivity contribution in [3.63, 3.8) is 0 Å². The molecule has 1 heterocycles. The average molecular weight is 204 g/mol. The summed E-state index contributed by atoms with van der Waals surface area (Å²) in [5.74, 6) is 0.225. The molecule has 1 aliphatic heterocycles. The number of carboxylic acid groups (broad SMARTS) is 1. The first-order chi connectivity index (χ1) is 5.93. The van der Waals surface area contributed by atoms with E-state index in [4.69, 9.17) is 5.11 Å². The van der Waals surface area contributed by atoms with Crippen molar-refractivity contribution >= 4 is 17.7 Å². The van der Waals surface area contributed by atoms with Crippen LogP contribution in [0.15, 0.2) is 0 Å². The summed E-state index contributed by atoms with van der Waals surface area (Å²) in [5.41, 5.74) is 0. The lowest BCUT2D eigenvalue weighted by Gasteiger charge is -2.29. The SMILES string of the molecule is CC1(C)SCCC1[C@@H](O)CC(=O)O. The maximum atomic E-state index is 10.4. The number of carboxylic acids is 1. The molecule has 0 aromatic rings. The number of thioether (sulfide) groups is 1. The molecule has 2 N–H and O–H groups in total. The minimum Gasteiger partial charge on any atom is -0.481 e. The fourth-order valence-electron chi connectivity index (χ4n) is 1.88. The van der Waals surface area contributed by atoms with Gasteiger partial charge in [-0.3, -0.25) is 4.79 Å². The van der Waals surface area contributed by atoms with E-state index < -0.39 is 12.1 Å². The van der Waals surface area contributed by atoms with Crippen LogP contribution in [-0.4, -0.2) is 32.8 Å². The van der Waals surface area contributed by atoms with Gasteiger partial charge in [0.15, 0.2) is 0 Å². The Kier molecular flexibility index (Phi) is 3.24. The lowest BCUT2D eigenvalue weighted by molar-refractivity contribution is -0.140. The zero-order valence-corrected chi connectivity index (χ0v) is 8.80. The Morgan fingerprint density at radius 2 is 2.31 bits per heavy atom. The predicted molar refractivity (Wildman–Crippen MR) is 52.9 cm³/mol. The van der Waals surface area contributed by atoms with Gasteiger partial charge in [-0.05, 0) is 12.2 Å². The molecule has 4 heteroatoms. The molecule has 2 atom stereocenters. The predicted octanol–water partition coefficient (Wildman–Crippen LogP) is 1.35. The van der Waals surface area contributed by atoms with E-state index in [1.54, 1.807) is 0 Å². The van der Waals surface area contributed by atoms with Crippen molar-refractivity contribution in [1.29, 1.82) is 0 Å². The third kappa shape index (κ3) is 2.61. The Labute approximate surface area is 82.5 Å². The van der Waals surface area contributed by atoms with Gasteiger partial charge in [-0.25, -0.2) is 0 Å². The van der Waals surface area contributed by atoms with Gasteiger partial charge in [-0.1, -0.05) is 13.8 Å². The molecule has 1 unspecified atom stereocenters. The summed E-state index contributed by atoms with van der Waals surface area (Å²) in [5, 5.41) is 18.2. The van der Waals surface area contributed by atoms with E-state index in [2.05, 4.69) is 13.8 Å². The number of aliphatic carboxylic acids is 1. The summed E-state index contributed by atoms with van der Waals surface area (Å²) in [6.07, 6.45) is 0.100. The third-order valence-corrected chi connectivity index (χ3v) is 4.13. The highest BCUT2D eigenvalue weighted by molar-refractivity contribution is 8.00. The fraction of sp³-hybridized carbons (Fsp3) is 0.889. The normalized spacial score (nSPS) is 28.7. The molecule has 3 nitrogen and oxygen atoms in total. The van der Waals surface area contributed by atoms with Crippen molar-refractivity contribution in [3.05, 3.63) is 0 Å². The standard InChI is InChI=1S/C9H16O3S/c1-9(2)6(3-4-13-9)7(10)5-8(11)12/h6-7,10H,3-5H2,1-2H3,(H,11,12)/t6?,7-/m0/s1. The number of carbonyl (C=O) groups is 1. The van der Waals surface area contributed by atoms with Crippen LogP contribution in [0.4, 0.5) is 0 Å². The van der Waals surface area contributed by atoms with E-state index in [0.29, 0.717) is 0 Å². The van der Waals surface area contributed by atoms with Crippen molar-refractivity contribution in [1.82, 2.24) is 0 Å². The number of aliphatic hydroxyl groups excluding tert-OH is 1. The monoisotopic (exact) mass is 204 g/mol. The van der Waals surface area contributed by atoms with E-state index >= 15 is 0 Å². The van der Waals surface area contributed by atoms with Gasteiger partial charge < -0.3 is 10.2 Å². The Balaban J connectivity index is 2.55. The van der Waals surface area contributed by atoms with Gasteiger partial charge in [0.1, 0.15) is 0 Å². The summed E-state index contributed by atoms with van der Waals surface area (Å²) in [6.45, 7) is 4.14. The maximum Gasteiger partial charge on any atom is 0.305 e. The molecule has 0 saturated carbocycles. The summed E-state index contributed by atoms with van der Waals surface area (Å²) in [6, 6.07) is 0. The number of rotatable bonds is 3. The second-order valence-electron chi connectivity index (χ2n) is 4.01. The molecule has 13 heavy (non-hydrogen) atoms. The lowest BCUT2D eigenvalue weighted by atomic mass is 9.86. The van der Waals surface area contributed by atoms with E-state index in [-0.39, 0.29) is 17.1 Å². The summed E-state index contributed by atoms with van der Waals surface area (Å²) in [7, 11) is 0. The second-order valence-corrected chi connectivity index (χ2v) is 5.76. The molecule has 0 spiro atoms. The van der Waals surface area contributed by atoms with Crippen molar-refractivity contribution in [2.24, 2.45) is 5.92 Å². The highest BCUT2D eigenvalue weighted by atomic mass is 32.2. The van der Waals surface area contributed by atoms with Crippen LogP contribution in [0.3, 0.4) is 0 Å². The van der Waals surface area contributed by atoms with Gasteiger partial charge in [0.05, 0.1) is 12.5 Å². The van der Waals surface area contributed by atoms with Crippen LogP contribution >= 0.6 is 11.8 Å². The number of hydrogen-bond donors (Lipinski definition) is 2. The van der Waals surface area contributed by atoms with Crippen molar-refractivity contribution in [2.75, 3.05) is 5.75 Å². The quantitative estimate of drug-likeness (QED) is 0.728. The smallest absolute Gasteiger partial charge is 0.305 e. The van der Waals surface area contributed by atoms with Crippen LogP contribution in [0.2, 0.25) is 0 Å². The Bertz CT molecular complexity index is 203. The molecule has 1 saturated heterocycles. The second kappa shape index (κ2) is 3.88. The zero-order valence-electron chi connectivity index (χ0n) is 7.99. The highest BCUT2D eigenvalue weighted by Crippen LogP contribution is 2.44. The Hall–Kier alpha value is -0.220. The lowest BCUT2D eigenvalue weighted by Crippen LogP contribution is -2.34. The topological polar surface area (TPSA) is 57.5 Å². The van der Waals surface area contributed by atoms with Gasteiger partial charge >= 0.3 is 5.97 Å². The molecule has 0 radical (unpaired) electrons. The molecule has 0 aliphatic carbocycles. The molecule has 1 rings (SSSR count). The van der Waals surface area contributed by atoms with E-state index in [0.717, 1.165) is 12.2 Å². The molecule has 0 bridgehead atoms. The van der Waals surface area contributed by atoms with Crippen molar-refractivity contribution < 1.29 is 15.0 Å². The first-order valence-electron chi connectivity index (χ1n) is 4.47. The van der Waals surface area contributed by atoms with Gasteiger partial charge in [-0.2, -0.15) is 11.8 Å². The summed E-state index contributed by atoms with van der Waals surface area (Å²) >= 11 is 1.81. The maximum absolute atomic E-state index is 10.4. The van der Waals surface area contributed by atoms with E-state index in [9.17, 15) is 9.90 Å². The van der Waals surface area contributed by atoms with Gasteiger partial charge in [0.25, 0.3) is 0 Å². The highest BCUT2D eigenvalue weighted by Gasteiger charge is 2.40. The van der Waals surface area contributed by atoms with Crippen LogP contribution in [-0.2, 0) is 4.79 Å². The number of hydrogen-bond acceptors (Lipinski definition) is 3. The van der Waals surface area contributed by atoms with E-state index in [1.165, 1.54) is 0 Å². The number of aliphatic hydroxyl groups is 1. The fourth-order valence-corrected chi connectivity index (χ4v) is 3.27. The van der Waals surface area contributed by atoms with Gasteiger partial charge in [0.2, 0.25) is 0 Å². The van der Waals surface area contributed by atoms with Crippen LogP contribution in [0, 0.1) is 5.92 Å². The molecular formula is C9H16O3S.